The zero-order valence-electron chi connectivity index (χ0n) is 8.48. The molecule has 0 spiro atoms. The van der Waals surface area contributed by atoms with Gasteiger partial charge < -0.3 is 10.1 Å². The molecule has 4 heteroatoms. The van der Waals surface area contributed by atoms with Crippen molar-refractivity contribution in [2.24, 2.45) is 4.99 Å². The van der Waals surface area contributed by atoms with Crippen LogP contribution in [0.2, 0.25) is 0 Å². The second-order valence-electron chi connectivity index (χ2n) is 3.21. The molecule has 1 aromatic rings. The van der Waals surface area contributed by atoms with Crippen molar-refractivity contribution >= 4 is 16.9 Å². The lowest BCUT2D eigenvalue weighted by Gasteiger charge is -2.04. The molecule has 1 heterocycles. The number of benzene rings is 1. The van der Waals surface area contributed by atoms with Gasteiger partial charge in [0.2, 0.25) is 0 Å². The highest BCUT2D eigenvalue weighted by Gasteiger charge is 2.04. The van der Waals surface area contributed by atoms with E-state index >= 15 is 0 Å². The van der Waals surface area contributed by atoms with E-state index in [0.717, 1.165) is 18.3 Å². The Balaban J connectivity index is 1.63. The summed E-state index contributed by atoms with van der Waals surface area (Å²) < 4.78 is 5.52. The van der Waals surface area contributed by atoms with Gasteiger partial charge in [0.25, 0.3) is 0 Å². The first-order valence-corrected chi connectivity index (χ1v) is 5.96. The van der Waals surface area contributed by atoms with E-state index in [1.807, 2.05) is 18.2 Å². The third kappa shape index (κ3) is 3.57. The minimum Gasteiger partial charge on any atom is -0.366 e. The van der Waals surface area contributed by atoms with Crippen molar-refractivity contribution < 1.29 is 4.74 Å². The monoisotopic (exact) mass is 222 g/mol. The summed E-state index contributed by atoms with van der Waals surface area (Å²) >= 11 is 1.62. The van der Waals surface area contributed by atoms with E-state index in [2.05, 4.69) is 22.4 Å². The van der Waals surface area contributed by atoms with Gasteiger partial charge in [0.1, 0.15) is 5.94 Å². The van der Waals surface area contributed by atoms with Gasteiger partial charge in [-0.1, -0.05) is 42.1 Å². The van der Waals surface area contributed by atoms with E-state index < -0.39 is 0 Å². The highest BCUT2D eigenvalue weighted by Crippen LogP contribution is 2.08. The molecule has 1 N–H and O–H groups in total. The largest absolute Gasteiger partial charge is 0.366 e. The first-order valence-electron chi connectivity index (χ1n) is 4.98. The molecule has 1 aliphatic rings. The van der Waals surface area contributed by atoms with Crippen LogP contribution in [0.15, 0.2) is 35.3 Å². The average Bonchev–Trinajstić information content (AvgIpc) is 2.79. The number of nitrogens with zero attached hydrogens (tertiary/aromatic N) is 1. The lowest BCUT2D eigenvalue weighted by molar-refractivity contribution is 0.169. The van der Waals surface area contributed by atoms with Crippen molar-refractivity contribution in [3.05, 3.63) is 35.9 Å². The Morgan fingerprint density at radius 1 is 1.33 bits per heavy atom. The Bertz CT molecular complexity index is 327. The summed E-state index contributed by atoms with van der Waals surface area (Å²) in [6, 6.07) is 10.2. The van der Waals surface area contributed by atoms with Gasteiger partial charge in [-0.3, -0.25) is 4.99 Å². The predicted octanol–water partition coefficient (Wildman–Crippen LogP) is 1.85. The van der Waals surface area contributed by atoms with Crippen LogP contribution >= 0.6 is 11.8 Å². The van der Waals surface area contributed by atoms with Gasteiger partial charge in [0, 0.05) is 6.54 Å². The number of aliphatic imine (C=N–C) groups is 1. The van der Waals surface area contributed by atoms with Gasteiger partial charge in [-0.05, 0) is 5.56 Å². The van der Waals surface area contributed by atoms with Gasteiger partial charge >= 0.3 is 0 Å². The number of rotatable bonds is 4. The Hall–Kier alpha value is -1.00. The van der Waals surface area contributed by atoms with E-state index in [-0.39, 0.29) is 0 Å². The highest BCUT2D eigenvalue weighted by molar-refractivity contribution is 8.13. The normalized spacial score (nSPS) is 14.8. The molecule has 15 heavy (non-hydrogen) atoms. The fraction of sp³-hybridized carbons (Fsp3) is 0.364. The minimum absolute atomic E-state index is 0.653. The molecule has 1 aromatic carbocycles. The Kier molecular flexibility index (Phi) is 4.05. The molecule has 0 amide bonds. The summed E-state index contributed by atoms with van der Waals surface area (Å²) in [5.74, 6) is 0.653. The van der Waals surface area contributed by atoms with Gasteiger partial charge in [-0.2, -0.15) is 0 Å². The smallest absolute Gasteiger partial charge is 0.158 e. The molecule has 0 saturated heterocycles. The van der Waals surface area contributed by atoms with Crippen molar-refractivity contribution in [1.29, 1.82) is 0 Å². The Morgan fingerprint density at radius 3 is 2.93 bits per heavy atom. The van der Waals surface area contributed by atoms with E-state index in [1.54, 1.807) is 11.8 Å². The molecule has 0 fully saturated rings. The van der Waals surface area contributed by atoms with Crippen molar-refractivity contribution in [3.63, 3.8) is 0 Å². The summed E-state index contributed by atoms with van der Waals surface area (Å²) in [6.45, 7) is 2.52. The van der Waals surface area contributed by atoms with Gasteiger partial charge in [0.15, 0.2) is 5.17 Å². The topological polar surface area (TPSA) is 33.6 Å². The van der Waals surface area contributed by atoms with E-state index in [0.29, 0.717) is 12.5 Å². The SMILES string of the molecule is c1ccc(COCSC2=NCCN2)cc1. The molecule has 0 atom stereocenters. The van der Waals surface area contributed by atoms with Gasteiger partial charge in [-0.15, -0.1) is 0 Å². The summed E-state index contributed by atoms with van der Waals surface area (Å²) in [5, 5.41) is 4.19. The maximum atomic E-state index is 5.52. The molecule has 0 unspecified atom stereocenters. The second kappa shape index (κ2) is 5.78. The molecule has 2 rings (SSSR count). The van der Waals surface area contributed by atoms with Crippen LogP contribution in [-0.2, 0) is 11.3 Å². The minimum atomic E-state index is 0.653. The molecule has 0 bridgehead atoms. The van der Waals surface area contributed by atoms with Crippen LogP contribution in [0.4, 0.5) is 0 Å². The summed E-state index contributed by atoms with van der Waals surface area (Å²) in [4.78, 5) is 4.27. The first-order chi connectivity index (χ1) is 7.45. The first kappa shape index (κ1) is 10.5. The van der Waals surface area contributed by atoms with E-state index in [1.165, 1.54) is 5.56 Å². The molecule has 3 nitrogen and oxygen atoms in total. The number of ether oxygens (including phenoxy) is 1. The molecule has 0 radical (unpaired) electrons. The zero-order valence-corrected chi connectivity index (χ0v) is 9.30. The van der Waals surface area contributed by atoms with Gasteiger partial charge in [-0.25, -0.2) is 0 Å². The van der Waals surface area contributed by atoms with E-state index in [9.17, 15) is 0 Å². The van der Waals surface area contributed by atoms with Gasteiger partial charge in [0.05, 0.1) is 13.2 Å². The fourth-order valence-electron chi connectivity index (χ4n) is 1.30. The average molecular weight is 222 g/mol. The third-order valence-corrected chi connectivity index (χ3v) is 2.87. The molecule has 0 aromatic heterocycles. The Morgan fingerprint density at radius 2 is 2.20 bits per heavy atom. The fourth-order valence-corrected chi connectivity index (χ4v) is 1.97. The van der Waals surface area contributed by atoms with Crippen LogP contribution in [0.1, 0.15) is 5.56 Å². The van der Waals surface area contributed by atoms with E-state index in [4.69, 9.17) is 4.74 Å². The standard InChI is InChI=1S/C11H14N2OS/c1-2-4-10(5-3-1)8-14-9-15-11-12-6-7-13-11/h1-5H,6-9H2,(H,12,13). The van der Waals surface area contributed by atoms with Crippen molar-refractivity contribution in [2.75, 3.05) is 19.0 Å². The van der Waals surface area contributed by atoms with Crippen LogP contribution < -0.4 is 5.32 Å². The van der Waals surface area contributed by atoms with Crippen molar-refractivity contribution in [2.45, 2.75) is 6.61 Å². The molecule has 1 aliphatic heterocycles. The summed E-state index contributed by atoms with van der Waals surface area (Å²) in [7, 11) is 0. The van der Waals surface area contributed by atoms with Crippen LogP contribution in [0.5, 0.6) is 0 Å². The number of thioether (sulfide) groups is 1. The zero-order chi connectivity index (χ0) is 10.3. The molecule has 0 saturated carbocycles. The molecular weight excluding hydrogens is 208 g/mol. The van der Waals surface area contributed by atoms with Crippen LogP contribution in [-0.4, -0.2) is 24.2 Å². The Labute approximate surface area is 93.9 Å². The highest BCUT2D eigenvalue weighted by atomic mass is 32.2. The molecule has 80 valence electrons. The number of hydrogen-bond donors (Lipinski definition) is 1. The lowest BCUT2D eigenvalue weighted by atomic mass is 10.2. The summed E-state index contributed by atoms with van der Waals surface area (Å²) in [5.41, 5.74) is 1.21. The van der Waals surface area contributed by atoms with Crippen LogP contribution in [0.3, 0.4) is 0 Å². The van der Waals surface area contributed by atoms with Crippen molar-refractivity contribution in [3.8, 4) is 0 Å². The maximum absolute atomic E-state index is 5.52. The van der Waals surface area contributed by atoms with Crippen LogP contribution in [0.25, 0.3) is 0 Å². The predicted molar refractivity (Wildman–Crippen MR) is 64.0 cm³/mol. The molecule has 0 aliphatic carbocycles. The number of amidine groups is 1. The molecular formula is C11H14N2OS. The quantitative estimate of drug-likeness (QED) is 0.623. The number of nitrogens with one attached hydrogen (secondary N) is 1. The maximum Gasteiger partial charge on any atom is 0.158 e. The second-order valence-corrected chi connectivity index (χ2v) is 4.12. The summed E-state index contributed by atoms with van der Waals surface area (Å²) in [6.07, 6.45) is 0. The number of hydrogen-bond acceptors (Lipinski definition) is 4. The lowest BCUT2D eigenvalue weighted by Crippen LogP contribution is -2.15. The third-order valence-electron chi connectivity index (χ3n) is 2.03. The van der Waals surface area contributed by atoms with Crippen molar-refractivity contribution in [1.82, 2.24) is 5.32 Å². The van der Waals surface area contributed by atoms with Crippen LogP contribution in [0, 0.1) is 0 Å².